The Kier molecular flexibility index (Phi) is 9.31. The van der Waals surface area contributed by atoms with Gasteiger partial charge in [-0.1, -0.05) is 32.9 Å². The third-order valence-corrected chi connectivity index (χ3v) is 5.18. The standard InChI is InChI=1S/C21H23N3O3S.C2H6/c1-3-20-24-19(13-28-20)14-4-6-15(7-5-14)23-21(26)17-9-8-16(27-2)12-18(17)22-10-11-25;1-2/h4-9,12-13,22,25H,3,10-11H2,1-2H3,(H,23,26);1-2H3. The fraction of sp³-hybridized carbons (Fsp3) is 0.304. The second kappa shape index (κ2) is 11.9. The van der Waals surface area contributed by atoms with Crippen LogP contribution in [0.5, 0.6) is 5.75 Å². The molecule has 3 aromatic rings. The van der Waals surface area contributed by atoms with E-state index in [1.807, 2.05) is 43.5 Å². The van der Waals surface area contributed by atoms with Crippen molar-refractivity contribution in [3.05, 3.63) is 58.4 Å². The van der Waals surface area contributed by atoms with Crippen LogP contribution < -0.4 is 15.4 Å². The van der Waals surface area contributed by atoms with Crippen LogP contribution in [0.15, 0.2) is 47.8 Å². The van der Waals surface area contributed by atoms with Gasteiger partial charge in [0, 0.05) is 29.2 Å². The van der Waals surface area contributed by atoms with Crippen molar-refractivity contribution < 1.29 is 14.6 Å². The Morgan fingerprint density at radius 3 is 2.50 bits per heavy atom. The normalized spacial score (nSPS) is 10.0. The first-order chi connectivity index (χ1) is 14.6. The molecule has 0 aliphatic heterocycles. The molecule has 0 fully saturated rings. The van der Waals surface area contributed by atoms with Crippen molar-refractivity contribution in [1.82, 2.24) is 4.98 Å². The van der Waals surface area contributed by atoms with Crippen molar-refractivity contribution in [3.63, 3.8) is 0 Å². The van der Waals surface area contributed by atoms with Gasteiger partial charge in [-0.3, -0.25) is 4.79 Å². The molecule has 6 nitrogen and oxygen atoms in total. The highest BCUT2D eigenvalue weighted by Crippen LogP contribution is 2.26. The quantitative estimate of drug-likeness (QED) is 0.468. The summed E-state index contributed by atoms with van der Waals surface area (Å²) in [6.45, 7) is 6.40. The maximum Gasteiger partial charge on any atom is 0.257 e. The molecule has 0 saturated heterocycles. The number of methoxy groups -OCH3 is 1. The van der Waals surface area contributed by atoms with Crippen LogP contribution in [0, 0.1) is 0 Å². The number of nitrogens with one attached hydrogen (secondary N) is 2. The molecule has 3 N–H and O–H groups in total. The number of aromatic nitrogens is 1. The first-order valence-electron chi connectivity index (χ1n) is 10.0. The second-order valence-electron chi connectivity index (χ2n) is 6.07. The summed E-state index contributed by atoms with van der Waals surface area (Å²) in [5.41, 5.74) is 3.75. The minimum absolute atomic E-state index is 0.0317. The lowest BCUT2D eigenvalue weighted by Crippen LogP contribution is -2.16. The van der Waals surface area contributed by atoms with Gasteiger partial charge in [0.25, 0.3) is 5.91 Å². The molecule has 30 heavy (non-hydrogen) atoms. The number of amides is 1. The highest BCUT2D eigenvalue weighted by Gasteiger charge is 2.13. The van der Waals surface area contributed by atoms with Gasteiger partial charge in [-0.15, -0.1) is 11.3 Å². The number of anilines is 2. The van der Waals surface area contributed by atoms with E-state index in [0.29, 0.717) is 29.2 Å². The lowest BCUT2D eigenvalue weighted by atomic mass is 10.1. The van der Waals surface area contributed by atoms with E-state index >= 15 is 0 Å². The van der Waals surface area contributed by atoms with E-state index in [1.54, 1.807) is 36.6 Å². The van der Waals surface area contributed by atoms with E-state index in [0.717, 1.165) is 22.7 Å². The minimum Gasteiger partial charge on any atom is -0.497 e. The lowest BCUT2D eigenvalue weighted by molar-refractivity contribution is 0.102. The number of hydrogen-bond donors (Lipinski definition) is 3. The largest absolute Gasteiger partial charge is 0.497 e. The van der Waals surface area contributed by atoms with Gasteiger partial charge in [0.1, 0.15) is 5.75 Å². The van der Waals surface area contributed by atoms with Crippen molar-refractivity contribution in [2.24, 2.45) is 0 Å². The van der Waals surface area contributed by atoms with Crippen molar-refractivity contribution in [2.45, 2.75) is 27.2 Å². The van der Waals surface area contributed by atoms with Crippen LogP contribution in [-0.2, 0) is 6.42 Å². The Balaban J connectivity index is 0.00000155. The topological polar surface area (TPSA) is 83.5 Å². The first-order valence-corrected chi connectivity index (χ1v) is 10.9. The summed E-state index contributed by atoms with van der Waals surface area (Å²) in [5, 5.41) is 18.2. The Morgan fingerprint density at radius 2 is 1.90 bits per heavy atom. The summed E-state index contributed by atoms with van der Waals surface area (Å²) in [7, 11) is 1.57. The average Bonchev–Trinajstić information content (AvgIpc) is 3.28. The predicted octanol–water partition coefficient (Wildman–Crippen LogP) is 5.06. The number of hydrogen-bond acceptors (Lipinski definition) is 6. The van der Waals surface area contributed by atoms with Gasteiger partial charge >= 0.3 is 0 Å². The molecule has 0 aliphatic rings. The van der Waals surface area contributed by atoms with E-state index in [-0.39, 0.29) is 12.5 Å². The Hall–Kier alpha value is -2.90. The van der Waals surface area contributed by atoms with Crippen LogP contribution >= 0.6 is 11.3 Å². The molecule has 0 bridgehead atoms. The second-order valence-corrected chi connectivity index (χ2v) is 7.02. The number of nitrogens with zero attached hydrogens (tertiary/aromatic N) is 1. The number of benzene rings is 2. The van der Waals surface area contributed by atoms with Crippen LogP contribution in [0.2, 0.25) is 0 Å². The molecule has 1 amide bonds. The monoisotopic (exact) mass is 427 g/mol. The Morgan fingerprint density at radius 1 is 1.17 bits per heavy atom. The smallest absolute Gasteiger partial charge is 0.257 e. The van der Waals surface area contributed by atoms with E-state index in [4.69, 9.17) is 9.84 Å². The van der Waals surface area contributed by atoms with Gasteiger partial charge in [0.05, 0.1) is 35.7 Å². The molecule has 160 valence electrons. The van der Waals surface area contributed by atoms with Crippen LogP contribution in [0.4, 0.5) is 11.4 Å². The number of thiazole rings is 1. The molecule has 2 aromatic carbocycles. The lowest BCUT2D eigenvalue weighted by Gasteiger charge is -2.13. The van der Waals surface area contributed by atoms with E-state index in [1.165, 1.54) is 0 Å². The highest BCUT2D eigenvalue weighted by atomic mass is 32.1. The summed E-state index contributed by atoms with van der Waals surface area (Å²) < 4.78 is 5.21. The van der Waals surface area contributed by atoms with Crippen molar-refractivity contribution in [3.8, 4) is 17.0 Å². The summed E-state index contributed by atoms with van der Waals surface area (Å²) in [5.74, 6) is 0.397. The molecule has 0 atom stereocenters. The van der Waals surface area contributed by atoms with Crippen LogP contribution in [0.3, 0.4) is 0 Å². The summed E-state index contributed by atoms with van der Waals surface area (Å²) in [6.07, 6.45) is 0.924. The fourth-order valence-electron chi connectivity index (χ4n) is 2.71. The third-order valence-electron chi connectivity index (χ3n) is 4.19. The van der Waals surface area contributed by atoms with E-state index in [9.17, 15) is 4.79 Å². The molecule has 0 spiro atoms. The molecular weight excluding hydrogens is 398 g/mol. The van der Waals surface area contributed by atoms with Crippen LogP contribution in [0.25, 0.3) is 11.3 Å². The van der Waals surface area contributed by atoms with Gasteiger partial charge < -0.3 is 20.5 Å². The molecule has 0 radical (unpaired) electrons. The average molecular weight is 428 g/mol. The van der Waals surface area contributed by atoms with Gasteiger partial charge in [0.15, 0.2) is 0 Å². The van der Waals surface area contributed by atoms with Crippen molar-refractivity contribution in [1.29, 1.82) is 0 Å². The zero-order chi connectivity index (χ0) is 21.9. The van der Waals surface area contributed by atoms with Gasteiger partial charge in [-0.05, 0) is 30.7 Å². The number of ether oxygens (including phenoxy) is 1. The zero-order valence-corrected chi connectivity index (χ0v) is 18.7. The molecule has 3 rings (SSSR count). The molecule has 0 saturated carbocycles. The number of rotatable bonds is 8. The van der Waals surface area contributed by atoms with E-state index in [2.05, 4.69) is 22.5 Å². The number of carbonyl (C=O) groups is 1. The maximum absolute atomic E-state index is 12.7. The Bertz CT molecular complexity index is 939. The van der Waals surface area contributed by atoms with E-state index < -0.39 is 0 Å². The molecular formula is C23H29N3O3S. The zero-order valence-electron chi connectivity index (χ0n) is 17.9. The SMILES string of the molecule is CC.CCc1nc(-c2ccc(NC(=O)c3ccc(OC)cc3NCCO)cc2)cs1. The highest BCUT2D eigenvalue weighted by molar-refractivity contribution is 7.09. The first kappa shape index (κ1) is 23.4. The summed E-state index contributed by atoms with van der Waals surface area (Å²) in [6, 6.07) is 12.8. The predicted molar refractivity (Wildman–Crippen MR) is 125 cm³/mol. The van der Waals surface area contributed by atoms with Gasteiger partial charge in [-0.2, -0.15) is 0 Å². The van der Waals surface area contributed by atoms with Crippen LogP contribution in [-0.4, -0.2) is 36.3 Å². The maximum atomic E-state index is 12.7. The van der Waals surface area contributed by atoms with Crippen LogP contribution in [0.1, 0.15) is 36.1 Å². The van der Waals surface area contributed by atoms with Crippen molar-refractivity contribution in [2.75, 3.05) is 30.9 Å². The summed E-state index contributed by atoms with van der Waals surface area (Å²) in [4.78, 5) is 17.3. The third kappa shape index (κ3) is 6.05. The molecule has 0 unspecified atom stereocenters. The Labute approximate surface area is 181 Å². The number of carbonyl (C=O) groups excluding carboxylic acids is 1. The van der Waals surface area contributed by atoms with Gasteiger partial charge in [0.2, 0.25) is 0 Å². The molecule has 1 heterocycles. The molecule has 0 aliphatic carbocycles. The van der Waals surface area contributed by atoms with Crippen molar-refractivity contribution >= 4 is 28.6 Å². The fourth-order valence-corrected chi connectivity index (χ4v) is 3.47. The molecule has 7 heteroatoms. The number of aliphatic hydroxyl groups is 1. The molecule has 1 aromatic heterocycles. The number of aliphatic hydroxyl groups excluding tert-OH is 1. The minimum atomic E-state index is -0.238. The number of aryl methyl sites for hydroxylation is 1. The summed E-state index contributed by atoms with van der Waals surface area (Å²) >= 11 is 1.65. The van der Waals surface area contributed by atoms with Gasteiger partial charge in [-0.25, -0.2) is 4.98 Å².